The van der Waals surface area contributed by atoms with Gasteiger partial charge in [-0.25, -0.2) is 0 Å². The first-order valence-electron chi connectivity index (χ1n) is 3.86. The van der Waals surface area contributed by atoms with Crippen LogP contribution < -0.4 is 4.74 Å². The lowest BCUT2D eigenvalue weighted by Crippen LogP contribution is -1.95. The number of pyridine rings is 1. The summed E-state index contributed by atoms with van der Waals surface area (Å²) in [6, 6.07) is 3.73. The van der Waals surface area contributed by atoms with Gasteiger partial charge in [-0.05, 0) is 19.1 Å². The third kappa shape index (κ3) is 3.07. The van der Waals surface area contributed by atoms with Gasteiger partial charge in [0.1, 0.15) is 5.75 Å². The van der Waals surface area contributed by atoms with E-state index in [1.54, 1.807) is 12.4 Å². The zero-order valence-electron chi connectivity index (χ0n) is 7.08. The highest BCUT2D eigenvalue weighted by Gasteiger charge is 1.88. The number of hydrogen-bond acceptors (Lipinski definition) is 2. The predicted molar refractivity (Wildman–Crippen MR) is 47.8 cm³/mol. The zero-order valence-corrected chi connectivity index (χ0v) is 7.08. The Morgan fingerprint density at radius 2 is 2.50 bits per heavy atom. The molecule has 2 heteroatoms. The molecule has 0 fully saturated rings. The standard InChI is InChI=1S/C10H11NO/c1-2-3-4-8-12-10-6-5-7-11-9-10/h5-7,9H,4,8H2,1H3. The van der Waals surface area contributed by atoms with Crippen LogP contribution >= 0.6 is 0 Å². The first-order chi connectivity index (χ1) is 5.93. The molecule has 1 rings (SSSR count). The Bertz CT molecular complexity index is 271. The second-order valence-corrected chi connectivity index (χ2v) is 2.21. The summed E-state index contributed by atoms with van der Waals surface area (Å²) < 4.78 is 5.34. The van der Waals surface area contributed by atoms with Gasteiger partial charge in [0.15, 0.2) is 0 Å². The van der Waals surface area contributed by atoms with Crippen molar-refractivity contribution in [3.05, 3.63) is 24.5 Å². The molecular weight excluding hydrogens is 150 g/mol. The van der Waals surface area contributed by atoms with Gasteiger partial charge in [-0.2, -0.15) is 0 Å². The van der Waals surface area contributed by atoms with E-state index in [1.165, 1.54) is 0 Å². The van der Waals surface area contributed by atoms with Crippen LogP contribution in [0, 0.1) is 11.8 Å². The number of hydrogen-bond donors (Lipinski definition) is 0. The maximum absolute atomic E-state index is 5.34. The maximum Gasteiger partial charge on any atom is 0.137 e. The molecule has 0 saturated heterocycles. The fraction of sp³-hybridized carbons (Fsp3) is 0.300. The van der Waals surface area contributed by atoms with Crippen LogP contribution in [0.25, 0.3) is 0 Å². The Balaban J connectivity index is 2.27. The number of nitrogens with zero attached hydrogens (tertiary/aromatic N) is 1. The number of rotatable bonds is 3. The molecule has 12 heavy (non-hydrogen) atoms. The van der Waals surface area contributed by atoms with E-state index in [4.69, 9.17) is 4.74 Å². The zero-order chi connectivity index (χ0) is 8.65. The highest BCUT2D eigenvalue weighted by Crippen LogP contribution is 2.05. The predicted octanol–water partition coefficient (Wildman–Crippen LogP) is 1.87. The van der Waals surface area contributed by atoms with Crippen LogP contribution in [0.3, 0.4) is 0 Å². The summed E-state index contributed by atoms with van der Waals surface area (Å²) in [5.41, 5.74) is 0. The molecule has 0 aliphatic heterocycles. The van der Waals surface area contributed by atoms with Crippen molar-refractivity contribution >= 4 is 0 Å². The van der Waals surface area contributed by atoms with Gasteiger partial charge in [0.25, 0.3) is 0 Å². The van der Waals surface area contributed by atoms with E-state index in [0.717, 1.165) is 12.2 Å². The molecule has 1 aromatic heterocycles. The SMILES string of the molecule is CC#CCCOc1cccnc1. The molecule has 2 nitrogen and oxygen atoms in total. The topological polar surface area (TPSA) is 22.1 Å². The Labute approximate surface area is 72.6 Å². The van der Waals surface area contributed by atoms with E-state index < -0.39 is 0 Å². The second kappa shape index (κ2) is 5.20. The quantitative estimate of drug-likeness (QED) is 0.498. The smallest absolute Gasteiger partial charge is 0.137 e. The minimum Gasteiger partial charge on any atom is -0.491 e. The summed E-state index contributed by atoms with van der Waals surface area (Å²) in [6.45, 7) is 2.45. The summed E-state index contributed by atoms with van der Waals surface area (Å²) in [6.07, 6.45) is 4.18. The van der Waals surface area contributed by atoms with Gasteiger partial charge >= 0.3 is 0 Å². The molecule has 0 bridgehead atoms. The van der Waals surface area contributed by atoms with E-state index in [-0.39, 0.29) is 0 Å². The number of ether oxygens (including phenoxy) is 1. The lowest BCUT2D eigenvalue weighted by molar-refractivity contribution is 0.326. The molecule has 0 radical (unpaired) electrons. The minimum absolute atomic E-state index is 0.631. The Morgan fingerprint density at radius 3 is 3.17 bits per heavy atom. The van der Waals surface area contributed by atoms with Crippen molar-refractivity contribution in [1.82, 2.24) is 4.98 Å². The van der Waals surface area contributed by atoms with Crippen molar-refractivity contribution < 1.29 is 4.74 Å². The van der Waals surface area contributed by atoms with E-state index in [1.807, 2.05) is 19.1 Å². The van der Waals surface area contributed by atoms with Crippen molar-refractivity contribution in [2.24, 2.45) is 0 Å². The van der Waals surface area contributed by atoms with Crippen molar-refractivity contribution in [2.75, 3.05) is 6.61 Å². The average molecular weight is 161 g/mol. The van der Waals surface area contributed by atoms with Gasteiger partial charge < -0.3 is 4.74 Å². The monoisotopic (exact) mass is 161 g/mol. The van der Waals surface area contributed by atoms with Crippen LogP contribution in [0.5, 0.6) is 5.75 Å². The van der Waals surface area contributed by atoms with Gasteiger partial charge in [0.2, 0.25) is 0 Å². The molecule has 1 heterocycles. The second-order valence-electron chi connectivity index (χ2n) is 2.21. The third-order valence-corrected chi connectivity index (χ3v) is 1.31. The molecule has 0 aromatic carbocycles. The lowest BCUT2D eigenvalue weighted by Gasteiger charge is -2.00. The highest BCUT2D eigenvalue weighted by molar-refractivity contribution is 5.15. The molecule has 0 unspecified atom stereocenters. The van der Waals surface area contributed by atoms with Crippen molar-refractivity contribution in [1.29, 1.82) is 0 Å². The molecule has 1 aromatic rings. The van der Waals surface area contributed by atoms with Crippen LogP contribution in [0.4, 0.5) is 0 Å². The molecule has 0 amide bonds. The van der Waals surface area contributed by atoms with Gasteiger partial charge in [0.05, 0.1) is 12.8 Å². The van der Waals surface area contributed by atoms with Crippen molar-refractivity contribution in [2.45, 2.75) is 13.3 Å². The van der Waals surface area contributed by atoms with Crippen LogP contribution in [0.1, 0.15) is 13.3 Å². The Hall–Kier alpha value is -1.49. The summed E-state index contributed by atoms with van der Waals surface area (Å²) in [7, 11) is 0. The number of aromatic nitrogens is 1. The van der Waals surface area contributed by atoms with Crippen molar-refractivity contribution in [3.8, 4) is 17.6 Å². The fourth-order valence-corrected chi connectivity index (χ4v) is 0.777. The highest BCUT2D eigenvalue weighted by atomic mass is 16.5. The van der Waals surface area contributed by atoms with Gasteiger partial charge in [-0.15, -0.1) is 11.8 Å². The van der Waals surface area contributed by atoms with Crippen molar-refractivity contribution in [3.63, 3.8) is 0 Å². The molecule has 0 aliphatic rings. The molecule has 0 spiro atoms. The molecule has 0 atom stereocenters. The fourth-order valence-electron chi connectivity index (χ4n) is 0.777. The van der Waals surface area contributed by atoms with Gasteiger partial charge in [-0.1, -0.05) is 0 Å². The normalized spacial score (nSPS) is 8.42. The first-order valence-corrected chi connectivity index (χ1v) is 3.86. The minimum atomic E-state index is 0.631. The van der Waals surface area contributed by atoms with Crippen LogP contribution in [0.2, 0.25) is 0 Å². The molecule has 0 saturated carbocycles. The van der Waals surface area contributed by atoms with E-state index in [2.05, 4.69) is 16.8 Å². The lowest BCUT2D eigenvalue weighted by atomic mass is 10.4. The molecule has 62 valence electrons. The third-order valence-electron chi connectivity index (χ3n) is 1.31. The molecule has 0 aliphatic carbocycles. The summed E-state index contributed by atoms with van der Waals surface area (Å²) in [5, 5.41) is 0. The van der Waals surface area contributed by atoms with Crippen LogP contribution in [0.15, 0.2) is 24.5 Å². The summed E-state index contributed by atoms with van der Waals surface area (Å²) >= 11 is 0. The Kier molecular flexibility index (Phi) is 3.73. The van der Waals surface area contributed by atoms with E-state index in [9.17, 15) is 0 Å². The first kappa shape index (κ1) is 8.61. The van der Waals surface area contributed by atoms with Crippen LogP contribution in [-0.4, -0.2) is 11.6 Å². The average Bonchev–Trinajstić information content (AvgIpc) is 2.14. The van der Waals surface area contributed by atoms with Crippen LogP contribution in [-0.2, 0) is 0 Å². The van der Waals surface area contributed by atoms with E-state index >= 15 is 0 Å². The largest absolute Gasteiger partial charge is 0.491 e. The maximum atomic E-state index is 5.34. The molecule has 0 N–H and O–H groups in total. The van der Waals surface area contributed by atoms with E-state index in [0.29, 0.717) is 6.61 Å². The summed E-state index contributed by atoms with van der Waals surface area (Å²) in [5.74, 6) is 6.53. The van der Waals surface area contributed by atoms with Gasteiger partial charge in [0, 0.05) is 12.6 Å². The Morgan fingerprint density at radius 1 is 1.58 bits per heavy atom. The molecular formula is C10H11NO. The summed E-state index contributed by atoms with van der Waals surface area (Å²) in [4.78, 5) is 3.92. The van der Waals surface area contributed by atoms with Gasteiger partial charge in [-0.3, -0.25) is 4.98 Å².